The van der Waals surface area contributed by atoms with Gasteiger partial charge < -0.3 is 19.6 Å². The van der Waals surface area contributed by atoms with Gasteiger partial charge in [0.05, 0.1) is 20.6 Å². The zero-order valence-corrected chi connectivity index (χ0v) is 21.3. The van der Waals surface area contributed by atoms with Gasteiger partial charge in [-0.3, -0.25) is 9.59 Å². The van der Waals surface area contributed by atoms with Crippen molar-refractivity contribution < 1.29 is 23.9 Å². The number of rotatable bonds is 4. The number of hydrogen-bond acceptors (Lipinski definition) is 4. The topological polar surface area (TPSA) is 75.6 Å². The number of carbonyl (C=O) groups excluding carboxylic acids is 2. The normalized spacial score (nSPS) is 27.2. The Labute approximate surface area is 212 Å². The van der Waals surface area contributed by atoms with E-state index in [4.69, 9.17) is 4.74 Å². The second-order valence-corrected chi connectivity index (χ2v) is 11.3. The van der Waals surface area contributed by atoms with E-state index in [-0.39, 0.29) is 17.9 Å². The second kappa shape index (κ2) is 9.02. The summed E-state index contributed by atoms with van der Waals surface area (Å²) < 4.78 is 6.13. The lowest BCUT2D eigenvalue weighted by molar-refractivity contribution is -0.905. The molecule has 1 aliphatic heterocycles. The van der Waals surface area contributed by atoms with E-state index in [1.165, 1.54) is 6.92 Å². The third kappa shape index (κ3) is 4.51. The summed E-state index contributed by atoms with van der Waals surface area (Å²) in [6, 6.07) is 21.3. The fourth-order valence-corrected chi connectivity index (χ4v) is 6.49. The highest BCUT2D eigenvalue weighted by molar-refractivity contribution is 5.98. The largest absolute Gasteiger partial charge is 0.427 e. The average molecular weight is 488 g/mol. The maximum atomic E-state index is 13.3. The van der Waals surface area contributed by atoms with Gasteiger partial charge in [-0.15, -0.1) is 0 Å². The summed E-state index contributed by atoms with van der Waals surface area (Å²) in [5, 5.41) is 17.6. The fourth-order valence-electron chi connectivity index (χ4n) is 6.49. The molecule has 2 N–H and O–H groups in total. The molecule has 0 unspecified atom stereocenters. The summed E-state index contributed by atoms with van der Waals surface area (Å²) >= 11 is 0. The molecular weight excluding hydrogens is 452 g/mol. The highest BCUT2D eigenvalue weighted by atomic mass is 16.5. The molecule has 3 atom stereocenters. The Morgan fingerprint density at radius 1 is 1.00 bits per heavy atom. The molecule has 3 aromatic rings. The lowest BCUT2D eigenvalue weighted by Gasteiger charge is -2.58. The molecule has 1 amide bonds. The minimum absolute atomic E-state index is 0.0738. The van der Waals surface area contributed by atoms with Crippen molar-refractivity contribution in [1.29, 1.82) is 0 Å². The first-order valence-electron chi connectivity index (χ1n) is 12.7. The maximum absolute atomic E-state index is 13.3. The maximum Gasteiger partial charge on any atom is 0.308 e. The Morgan fingerprint density at radius 3 is 2.56 bits per heavy atom. The number of piperidine rings is 1. The summed E-state index contributed by atoms with van der Waals surface area (Å²) in [5.41, 5.74) is 0.138. The van der Waals surface area contributed by atoms with Crippen molar-refractivity contribution >= 4 is 22.6 Å². The number of carbonyl (C=O) groups is 2. The molecule has 2 aliphatic rings. The van der Waals surface area contributed by atoms with Gasteiger partial charge in [0.25, 0.3) is 5.91 Å². The number of esters is 1. The minimum atomic E-state index is -0.923. The summed E-state index contributed by atoms with van der Waals surface area (Å²) in [6.45, 7) is 2.93. The van der Waals surface area contributed by atoms with E-state index in [1.807, 2.05) is 60.7 Å². The van der Waals surface area contributed by atoms with E-state index < -0.39 is 11.0 Å². The molecule has 1 saturated heterocycles. The number of fused-ring (bicyclic) bond motifs is 2. The van der Waals surface area contributed by atoms with Crippen molar-refractivity contribution in [2.24, 2.45) is 0 Å². The molecule has 5 rings (SSSR count). The SMILES string of the molecule is CC(=O)Oc1cccc([C@@]23CC[N+](C)(C)C[C@@]2(O)CC[C@@H](NC(=O)c2ccc4ccccc4c2)C3)c1. The smallest absolute Gasteiger partial charge is 0.308 e. The van der Waals surface area contributed by atoms with Crippen molar-refractivity contribution in [2.75, 3.05) is 27.2 Å². The van der Waals surface area contributed by atoms with Gasteiger partial charge in [-0.25, -0.2) is 0 Å². The first kappa shape index (κ1) is 24.5. The Hall–Kier alpha value is -3.22. The molecule has 1 aliphatic carbocycles. The van der Waals surface area contributed by atoms with Crippen LogP contribution in [0.3, 0.4) is 0 Å². The molecule has 36 heavy (non-hydrogen) atoms. The van der Waals surface area contributed by atoms with Crippen molar-refractivity contribution in [3.63, 3.8) is 0 Å². The van der Waals surface area contributed by atoms with Crippen LogP contribution in [0.5, 0.6) is 5.75 Å². The number of benzene rings is 3. The van der Waals surface area contributed by atoms with Crippen LogP contribution < -0.4 is 10.1 Å². The lowest BCUT2D eigenvalue weighted by Crippen LogP contribution is -2.70. The van der Waals surface area contributed by atoms with E-state index in [9.17, 15) is 14.7 Å². The van der Waals surface area contributed by atoms with Gasteiger partial charge in [0.2, 0.25) is 0 Å². The van der Waals surface area contributed by atoms with Crippen LogP contribution in [0.15, 0.2) is 66.7 Å². The van der Waals surface area contributed by atoms with Crippen LogP contribution in [-0.2, 0) is 10.2 Å². The number of quaternary nitrogens is 1. The number of likely N-dealkylation sites (N-methyl/N-ethyl adjacent to an activating group) is 1. The molecule has 6 nitrogen and oxygen atoms in total. The monoisotopic (exact) mass is 487 g/mol. The van der Waals surface area contributed by atoms with Crippen molar-refractivity contribution in [3.8, 4) is 5.75 Å². The van der Waals surface area contributed by atoms with Crippen LogP contribution in [0.2, 0.25) is 0 Å². The lowest BCUT2D eigenvalue weighted by atomic mass is 9.55. The number of likely N-dealkylation sites (tertiary alicyclic amines) is 1. The molecule has 0 aromatic heterocycles. The molecule has 1 saturated carbocycles. The quantitative estimate of drug-likeness (QED) is 0.329. The van der Waals surface area contributed by atoms with Crippen molar-refractivity contribution in [1.82, 2.24) is 5.32 Å². The van der Waals surface area contributed by atoms with Gasteiger partial charge in [0.1, 0.15) is 17.9 Å². The van der Waals surface area contributed by atoms with Gasteiger partial charge in [-0.05, 0) is 59.9 Å². The molecule has 2 fully saturated rings. The first-order chi connectivity index (χ1) is 17.1. The number of amides is 1. The van der Waals surface area contributed by atoms with Crippen LogP contribution in [-0.4, -0.2) is 60.3 Å². The molecule has 188 valence electrons. The third-order valence-corrected chi connectivity index (χ3v) is 8.22. The van der Waals surface area contributed by atoms with Crippen LogP contribution in [0.25, 0.3) is 10.8 Å². The molecule has 6 heteroatoms. The fraction of sp³-hybridized carbons (Fsp3) is 0.400. The minimum Gasteiger partial charge on any atom is -0.427 e. The Balaban J connectivity index is 1.45. The summed E-state index contributed by atoms with van der Waals surface area (Å²) in [6.07, 6.45) is 2.71. The van der Waals surface area contributed by atoms with E-state index in [0.717, 1.165) is 33.8 Å². The van der Waals surface area contributed by atoms with Crippen LogP contribution >= 0.6 is 0 Å². The molecule has 3 aromatic carbocycles. The number of aliphatic hydroxyl groups is 1. The number of nitrogens with zero attached hydrogens (tertiary/aromatic N) is 1. The zero-order chi connectivity index (χ0) is 25.6. The Bertz CT molecular complexity index is 1320. The van der Waals surface area contributed by atoms with Crippen molar-refractivity contribution in [2.45, 2.75) is 49.7 Å². The van der Waals surface area contributed by atoms with Gasteiger partial charge in [-0.2, -0.15) is 0 Å². The number of nitrogens with one attached hydrogen (secondary N) is 1. The summed E-state index contributed by atoms with van der Waals surface area (Å²) in [7, 11) is 4.32. The predicted octanol–water partition coefficient (Wildman–Crippen LogP) is 4.20. The first-order valence-corrected chi connectivity index (χ1v) is 12.7. The van der Waals surface area contributed by atoms with E-state index >= 15 is 0 Å². The van der Waals surface area contributed by atoms with E-state index in [0.29, 0.717) is 37.1 Å². The van der Waals surface area contributed by atoms with Crippen LogP contribution in [0.4, 0.5) is 0 Å². The van der Waals surface area contributed by atoms with Gasteiger partial charge >= 0.3 is 5.97 Å². The standard InChI is InChI=1S/C30H34N2O4/c1-21(33)36-27-10-6-9-25(18-27)29-15-16-32(2,3)20-30(29,35)14-13-26(19-29)31-28(34)24-12-11-22-7-4-5-8-23(22)17-24/h4-12,17-18,26,35H,13-16,19-20H2,1-3H3/p+1/t26-,29+,30+/m1/s1. The molecule has 0 radical (unpaired) electrons. The highest BCUT2D eigenvalue weighted by Gasteiger charge is 2.60. The predicted molar refractivity (Wildman–Crippen MR) is 140 cm³/mol. The Morgan fingerprint density at radius 2 is 1.78 bits per heavy atom. The molecule has 1 heterocycles. The van der Waals surface area contributed by atoms with E-state index in [1.54, 1.807) is 6.07 Å². The highest BCUT2D eigenvalue weighted by Crippen LogP contribution is 2.53. The summed E-state index contributed by atoms with van der Waals surface area (Å²) in [4.78, 5) is 24.9. The zero-order valence-electron chi connectivity index (χ0n) is 21.3. The van der Waals surface area contributed by atoms with Gasteiger partial charge in [0, 0.05) is 30.4 Å². The number of hydrogen-bond donors (Lipinski definition) is 2. The van der Waals surface area contributed by atoms with Crippen LogP contribution in [0.1, 0.15) is 48.5 Å². The van der Waals surface area contributed by atoms with Gasteiger partial charge in [-0.1, -0.05) is 42.5 Å². The second-order valence-electron chi connectivity index (χ2n) is 11.3. The van der Waals surface area contributed by atoms with Crippen molar-refractivity contribution in [3.05, 3.63) is 77.9 Å². The van der Waals surface area contributed by atoms with E-state index in [2.05, 4.69) is 19.4 Å². The summed E-state index contributed by atoms with van der Waals surface area (Å²) in [5.74, 6) is 0.0239. The Kier molecular flexibility index (Phi) is 6.13. The molecule has 0 spiro atoms. The number of ether oxygens (including phenoxy) is 1. The third-order valence-electron chi connectivity index (χ3n) is 8.22. The average Bonchev–Trinajstić information content (AvgIpc) is 2.83. The molecule has 0 bridgehead atoms. The van der Waals surface area contributed by atoms with Crippen LogP contribution in [0, 0.1) is 0 Å². The van der Waals surface area contributed by atoms with Gasteiger partial charge in [0.15, 0.2) is 0 Å². The molecular formula is C30H35N2O4+.